The molecule has 1 N–H and O–H groups in total. The Morgan fingerprint density at radius 3 is 2.53 bits per heavy atom. The van der Waals surface area contributed by atoms with Gasteiger partial charge in [-0.3, -0.25) is 0 Å². The van der Waals surface area contributed by atoms with Crippen molar-refractivity contribution in [2.24, 2.45) is 0 Å². The summed E-state index contributed by atoms with van der Waals surface area (Å²) in [5.74, 6) is 0.937. The van der Waals surface area contributed by atoms with E-state index in [9.17, 15) is 0 Å². The highest BCUT2D eigenvalue weighted by Crippen LogP contribution is 2.11. The molecule has 0 aliphatic rings. The molecular formula is C15H23NO. The van der Waals surface area contributed by atoms with Gasteiger partial charge in [0.25, 0.3) is 0 Å². The molecule has 0 amide bonds. The maximum Gasteiger partial charge on any atom is 0.119 e. The van der Waals surface area contributed by atoms with E-state index in [1.54, 1.807) is 0 Å². The average Bonchev–Trinajstić information content (AvgIpc) is 2.28. The van der Waals surface area contributed by atoms with Crippen molar-refractivity contribution in [2.75, 3.05) is 13.2 Å². The lowest BCUT2D eigenvalue weighted by Gasteiger charge is -2.14. The first-order chi connectivity index (χ1) is 8.08. The molecule has 0 saturated carbocycles. The first-order valence-electron chi connectivity index (χ1n) is 6.14. The fourth-order valence-corrected chi connectivity index (χ4v) is 1.38. The minimum atomic E-state index is 0.354. The van der Waals surface area contributed by atoms with Gasteiger partial charge in [0.1, 0.15) is 12.4 Å². The molecule has 0 aromatic heterocycles. The smallest absolute Gasteiger partial charge is 0.119 e. The molecular weight excluding hydrogens is 210 g/mol. The van der Waals surface area contributed by atoms with E-state index in [4.69, 9.17) is 4.74 Å². The second-order valence-corrected chi connectivity index (χ2v) is 4.71. The molecule has 17 heavy (non-hydrogen) atoms. The molecule has 1 aromatic carbocycles. The molecule has 2 nitrogen and oxygen atoms in total. The van der Waals surface area contributed by atoms with Gasteiger partial charge in [0.2, 0.25) is 0 Å². The normalized spacial score (nSPS) is 12.0. The predicted octanol–water partition coefficient (Wildman–Crippen LogP) is 3.32. The zero-order valence-corrected chi connectivity index (χ0v) is 11.3. The van der Waals surface area contributed by atoms with Gasteiger partial charge in [0.05, 0.1) is 0 Å². The zero-order chi connectivity index (χ0) is 12.7. The summed E-state index contributed by atoms with van der Waals surface area (Å²) in [4.78, 5) is 0. The van der Waals surface area contributed by atoms with Crippen molar-refractivity contribution in [2.45, 2.75) is 33.7 Å². The summed E-state index contributed by atoms with van der Waals surface area (Å²) in [5.41, 5.74) is 2.59. The number of hydrogen-bond donors (Lipinski definition) is 1. The zero-order valence-electron chi connectivity index (χ0n) is 11.3. The molecule has 0 radical (unpaired) electrons. The molecule has 0 aliphatic heterocycles. The van der Waals surface area contributed by atoms with Crippen LogP contribution in [0.15, 0.2) is 35.9 Å². The fourth-order valence-electron chi connectivity index (χ4n) is 1.38. The molecule has 2 heteroatoms. The third kappa shape index (κ3) is 6.12. The average molecular weight is 233 g/mol. The molecule has 0 fully saturated rings. The van der Waals surface area contributed by atoms with Crippen LogP contribution >= 0.6 is 0 Å². The number of ether oxygens (including phenoxy) is 1. The van der Waals surface area contributed by atoms with Crippen molar-refractivity contribution in [3.8, 4) is 5.75 Å². The van der Waals surface area contributed by atoms with Crippen LogP contribution in [0.3, 0.4) is 0 Å². The molecule has 1 atom stereocenters. The monoisotopic (exact) mass is 233 g/mol. The molecule has 94 valence electrons. The largest absolute Gasteiger partial charge is 0.492 e. The van der Waals surface area contributed by atoms with Gasteiger partial charge < -0.3 is 10.1 Å². The van der Waals surface area contributed by atoms with E-state index in [0.717, 1.165) is 12.3 Å². The van der Waals surface area contributed by atoms with Crippen LogP contribution < -0.4 is 10.1 Å². The highest BCUT2D eigenvalue weighted by atomic mass is 16.5. The number of hydrogen-bond acceptors (Lipinski definition) is 2. The van der Waals surface area contributed by atoms with E-state index in [1.165, 1.54) is 11.1 Å². The van der Waals surface area contributed by atoms with Gasteiger partial charge in [-0.05, 0) is 39.8 Å². The Kier molecular flexibility index (Phi) is 5.78. The maximum atomic E-state index is 5.70. The Bertz CT molecular complexity index is 350. The minimum absolute atomic E-state index is 0.354. The van der Waals surface area contributed by atoms with Gasteiger partial charge in [-0.1, -0.05) is 29.3 Å². The summed E-state index contributed by atoms with van der Waals surface area (Å²) in [6.07, 6.45) is 2.18. The number of aryl methyl sites for hydroxylation is 1. The topological polar surface area (TPSA) is 21.3 Å². The summed E-state index contributed by atoms with van der Waals surface area (Å²) in [6, 6.07) is 8.51. The van der Waals surface area contributed by atoms with Crippen LogP contribution in [0.4, 0.5) is 0 Å². The highest BCUT2D eigenvalue weighted by molar-refractivity contribution is 5.26. The van der Waals surface area contributed by atoms with E-state index in [1.807, 2.05) is 12.1 Å². The Labute approximate surface area is 105 Å². The van der Waals surface area contributed by atoms with Gasteiger partial charge in [-0.2, -0.15) is 0 Å². The van der Waals surface area contributed by atoms with Gasteiger partial charge in [-0.15, -0.1) is 0 Å². The predicted molar refractivity (Wildman–Crippen MR) is 73.6 cm³/mol. The van der Waals surface area contributed by atoms with E-state index in [2.05, 4.69) is 51.2 Å². The Morgan fingerprint density at radius 1 is 1.29 bits per heavy atom. The highest BCUT2D eigenvalue weighted by Gasteiger charge is 2.01. The van der Waals surface area contributed by atoms with Crippen LogP contribution in [0.5, 0.6) is 5.75 Å². The Hall–Kier alpha value is -1.28. The van der Waals surface area contributed by atoms with Crippen molar-refractivity contribution in [3.05, 3.63) is 41.5 Å². The maximum absolute atomic E-state index is 5.70. The lowest BCUT2D eigenvalue weighted by molar-refractivity contribution is 0.277. The molecule has 0 spiro atoms. The van der Waals surface area contributed by atoms with E-state index in [-0.39, 0.29) is 0 Å². The summed E-state index contributed by atoms with van der Waals surface area (Å²) < 4.78 is 5.70. The van der Waals surface area contributed by atoms with Crippen molar-refractivity contribution in [3.63, 3.8) is 0 Å². The van der Waals surface area contributed by atoms with Gasteiger partial charge in [-0.25, -0.2) is 0 Å². The number of benzene rings is 1. The van der Waals surface area contributed by atoms with Crippen molar-refractivity contribution < 1.29 is 4.74 Å². The van der Waals surface area contributed by atoms with Crippen molar-refractivity contribution in [1.29, 1.82) is 0 Å². The lowest BCUT2D eigenvalue weighted by atomic mass is 10.2. The first-order valence-corrected chi connectivity index (χ1v) is 6.14. The summed E-state index contributed by atoms with van der Waals surface area (Å²) in [7, 11) is 0. The molecule has 1 aromatic rings. The number of allylic oxidation sites excluding steroid dienone is 1. The number of nitrogens with one attached hydrogen (secondary N) is 1. The fraction of sp³-hybridized carbons (Fsp3) is 0.467. The van der Waals surface area contributed by atoms with Gasteiger partial charge >= 0.3 is 0 Å². The summed E-state index contributed by atoms with van der Waals surface area (Å²) in [5, 5.41) is 3.39. The third-order valence-electron chi connectivity index (χ3n) is 2.50. The molecule has 1 unspecified atom stereocenters. The van der Waals surface area contributed by atoms with E-state index >= 15 is 0 Å². The molecule has 0 heterocycles. The van der Waals surface area contributed by atoms with Crippen LogP contribution in [0.2, 0.25) is 0 Å². The van der Waals surface area contributed by atoms with E-state index < -0.39 is 0 Å². The Morgan fingerprint density at radius 2 is 1.94 bits per heavy atom. The SMILES string of the molecule is CC(C)=CCNC(C)COc1ccc(C)cc1. The second kappa shape index (κ2) is 7.13. The van der Waals surface area contributed by atoms with Crippen LogP contribution in [-0.2, 0) is 0 Å². The molecule has 0 aliphatic carbocycles. The number of rotatable bonds is 6. The molecule has 1 rings (SSSR count). The van der Waals surface area contributed by atoms with Crippen LogP contribution in [0.1, 0.15) is 26.3 Å². The Balaban J connectivity index is 2.26. The minimum Gasteiger partial charge on any atom is -0.492 e. The van der Waals surface area contributed by atoms with Crippen LogP contribution in [0, 0.1) is 6.92 Å². The lowest BCUT2D eigenvalue weighted by Crippen LogP contribution is -2.31. The standard InChI is InChI=1S/C15H23NO/c1-12(2)9-10-16-14(4)11-17-15-7-5-13(3)6-8-15/h5-9,14,16H,10-11H2,1-4H3. The second-order valence-electron chi connectivity index (χ2n) is 4.71. The van der Waals surface area contributed by atoms with Gasteiger partial charge in [0.15, 0.2) is 0 Å². The summed E-state index contributed by atoms with van der Waals surface area (Å²) >= 11 is 0. The van der Waals surface area contributed by atoms with Gasteiger partial charge in [0, 0.05) is 12.6 Å². The first kappa shape index (κ1) is 13.8. The quantitative estimate of drug-likeness (QED) is 0.761. The van der Waals surface area contributed by atoms with Crippen molar-refractivity contribution in [1.82, 2.24) is 5.32 Å². The van der Waals surface area contributed by atoms with Crippen molar-refractivity contribution >= 4 is 0 Å². The van der Waals surface area contributed by atoms with E-state index in [0.29, 0.717) is 12.6 Å². The molecule has 0 saturated heterocycles. The molecule has 0 bridgehead atoms. The van der Waals surface area contributed by atoms with Crippen LogP contribution in [0.25, 0.3) is 0 Å². The van der Waals surface area contributed by atoms with Crippen LogP contribution in [-0.4, -0.2) is 19.2 Å². The summed E-state index contributed by atoms with van der Waals surface area (Å²) in [6.45, 7) is 10.0. The third-order valence-corrected chi connectivity index (χ3v) is 2.50.